The van der Waals surface area contributed by atoms with Crippen LogP contribution in [0.2, 0.25) is 0 Å². The SMILES string of the molecule is COc1ccc(C2CCCN2)cc1CF. The number of benzene rings is 1. The molecule has 82 valence electrons. The van der Waals surface area contributed by atoms with Gasteiger partial charge in [-0.3, -0.25) is 0 Å². The summed E-state index contributed by atoms with van der Waals surface area (Å²) in [5, 5.41) is 3.40. The van der Waals surface area contributed by atoms with Crippen molar-refractivity contribution in [2.24, 2.45) is 0 Å². The summed E-state index contributed by atoms with van der Waals surface area (Å²) in [5.74, 6) is 0.638. The van der Waals surface area contributed by atoms with Crippen molar-refractivity contribution in [2.45, 2.75) is 25.6 Å². The van der Waals surface area contributed by atoms with E-state index in [2.05, 4.69) is 5.32 Å². The van der Waals surface area contributed by atoms with E-state index >= 15 is 0 Å². The fourth-order valence-corrected chi connectivity index (χ4v) is 2.09. The zero-order chi connectivity index (χ0) is 10.7. The summed E-state index contributed by atoms with van der Waals surface area (Å²) in [7, 11) is 1.57. The predicted octanol–water partition coefficient (Wildman–Crippen LogP) is 2.59. The molecular formula is C12H16FNO. The van der Waals surface area contributed by atoms with Crippen molar-refractivity contribution in [2.75, 3.05) is 13.7 Å². The molecule has 1 aliphatic heterocycles. The molecule has 0 aromatic heterocycles. The summed E-state index contributed by atoms with van der Waals surface area (Å²) in [4.78, 5) is 0. The highest BCUT2D eigenvalue weighted by Gasteiger charge is 2.17. The van der Waals surface area contributed by atoms with E-state index in [-0.39, 0.29) is 0 Å². The van der Waals surface area contributed by atoms with Gasteiger partial charge in [-0.25, -0.2) is 4.39 Å². The maximum Gasteiger partial charge on any atom is 0.124 e. The number of rotatable bonds is 3. The number of ether oxygens (including phenoxy) is 1. The molecule has 1 N–H and O–H groups in total. The number of hydrogen-bond donors (Lipinski definition) is 1. The van der Waals surface area contributed by atoms with Crippen molar-refractivity contribution in [1.29, 1.82) is 0 Å². The average Bonchev–Trinajstić information content (AvgIpc) is 2.81. The Labute approximate surface area is 89.4 Å². The Hall–Kier alpha value is -1.09. The molecule has 1 fully saturated rings. The number of hydrogen-bond acceptors (Lipinski definition) is 2. The van der Waals surface area contributed by atoms with Crippen molar-refractivity contribution in [1.82, 2.24) is 5.32 Å². The second-order valence-corrected chi connectivity index (χ2v) is 3.85. The van der Waals surface area contributed by atoms with Crippen LogP contribution in [0, 0.1) is 0 Å². The van der Waals surface area contributed by atoms with Gasteiger partial charge in [0.2, 0.25) is 0 Å². The normalized spacial score (nSPS) is 20.5. The van der Waals surface area contributed by atoms with Crippen LogP contribution < -0.4 is 10.1 Å². The third kappa shape index (κ3) is 2.12. The first-order valence-corrected chi connectivity index (χ1v) is 5.31. The van der Waals surface area contributed by atoms with Crippen LogP contribution in [-0.2, 0) is 6.67 Å². The fraction of sp³-hybridized carbons (Fsp3) is 0.500. The molecular weight excluding hydrogens is 193 g/mol. The van der Waals surface area contributed by atoms with Crippen LogP contribution in [-0.4, -0.2) is 13.7 Å². The van der Waals surface area contributed by atoms with Crippen molar-refractivity contribution < 1.29 is 9.13 Å². The highest BCUT2D eigenvalue weighted by Crippen LogP contribution is 2.28. The second kappa shape index (κ2) is 4.62. The van der Waals surface area contributed by atoms with Gasteiger partial charge in [-0.15, -0.1) is 0 Å². The Bertz CT molecular complexity index is 334. The largest absolute Gasteiger partial charge is 0.496 e. The minimum absolute atomic E-state index is 0.390. The summed E-state index contributed by atoms with van der Waals surface area (Å²) >= 11 is 0. The van der Waals surface area contributed by atoms with Crippen LogP contribution in [0.15, 0.2) is 18.2 Å². The smallest absolute Gasteiger partial charge is 0.124 e. The van der Waals surface area contributed by atoms with Gasteiger partial charge >= 0.3 is 0 Å². The summed E-state index contributed by atoms with van der Waals surface area (Å²) < 4.78 is 17.8. The molecule has 1 unspecified atom stereocenters. The number of halogens is 1. The summed E-state index contributed by atoms with van der Waals surface area (Å²) in [6.45, 7) is 0.589. The molecule has 0 saturated carbocycles. The lowest BCUT2D eigenvalue weighted by Gasteiger charge is -2.13. The minimum atomic E-state index is -0.469. The van der Waals surface area contributed by atoms with Crippen molar-refractivity contribution >= 4 is 0 Å². The third-order valence-electron chi connectivity index (χ3n) is 2.91. The minimum Gasteiger partial charge on any atom is -0.496 e. The lowest BCUT2D eigenvalue weighted by Crippen LogP contribution is -2.13. The molecule has 0 spiro atoms. The Morgan fingerprint density at radius 1 is 1.53 bits per heavy atom. The maximum atomic E-state index is 12.7. The maximum absolute atomic E-state index is 12.7. The van der Waals surface area contributed by atoms with E-state index in [0.717, 1.165) is 13.0 Å². The van der Waals surface area contributed by atoms with Gasteiger partial charge < -0.3 is 10.1 Å². The molecule has 0 radical (unpaired) electrons. The van der Waals surface area contributed by atoms with E-state index in [9.17, 15) is 4.39 Å². The van der Waals surface area contributed by atoms with E-state index in [1.807, 2.05) is 18.2 Å². The zero-order valence-corrected chi connectivity index (χ0v) is 8.92. The molecule has 0 amide bonds. The Morgan fingerprint density at radius 3 is 3.00 bits per heavy atom. The standard InChI is InChI=1S/C12H16FNO/c1-15-12-5-4-9(7-10(12)8-13)11-3-2-6-14-11/h4-5,7,11,14H,2-3,6,8H2,1H3. The highest BCUT2D eigenvalue weighted by molar-refractivity contribution is 5.38. The van der Waals surface area contributed by atoms with Gasteiger partial charge in [0.15, 0.2) is 0 Å². The van der Waals surface area contributed by atoms with Crippen LogP contribution in [0.5, 0.6) is 5.75 Å². The van der Waals surface area contributed by atoms with E-state index in [4.69, 9.17) is 4.74 Å². The molecule has 0 bridgehead atoms. The predicted molar refractivity (Wildman–Crippen MR) is 57.8 cm³/mol. The zero-order valence-electron chi connectivity index (χ0n) is 8.92. The molecule has 1 heterocycles. The van der Waals surface area contributed by atoms with Gasteiger partial charge in [0.05, 0.1) is 7.11 Å². The van der Waals surface area contributed by atoms with E-state index < -0.39 is 6.67 Å². The summed E-state index contributed by atoms with van der Waals surface area (Å²) in [6, 6.07) is 6.16. The van der Waals surface area contributed by atoms with Gasteiger partial charge in [-0.1, -0.05) is 6.07 Å². The lowest BCUT2D eigenvalue weighted by atomic mass is 10.0. The van der Waals surface area contributed by atoms with Gasteiger partial charge in [0, 0.05) is 11.6 Å². The van der Waals surface area contributed by atoms with Crippen LogP contribution in [0.4, 0.5) is 4.39 Å². The fourth-order valence-electron chi connectivity index (χ4n) is 2.09. The molecule has 2 rings (SSSR count). The van der Waals surface area contributed by atoms with E-state index in [0.29, 0.717) is 17.4 Å². The Kier molecular flexibility index (Phi) is 3.21. The number of methoxy groups -OCH3 is 1. The van der Waals surface area contributed by atoms with Crippen LogP contribution in [0.1, 0.15) is 30.0 Å². The van der Waals surface area contributed by atoms with Crippen LogP contribution >= 0.6 is 0 Å². The topological polar surface area (TPSA) is 21.3 Å². The Balaban J connectivity index is 2.25. The monoisotopic (exact) mass is 209 g/mol. The molecule has 1 aliphatic rings. The lowest BCUT2D eigenvalue weighted by molar-refractivity contribution is 0.393. The molecule has 15 heavy (non-hydrogen) atoms. The number of nitrogens with one attached hydrogen (secondary N) is 1. The first-order valence-electron chi connectivity index (χ1n) is 5.31. The molecule has 1 aromatic rings. The van der Waals surface area contributed by atoms with E-state index in [1.165, 1.54) is 12.0 Å². The van der Waals surface area contributed by atoms with Crippen molar-refractivity contribution in [3.63, 3.8) is 0 Å². The first-order chi connectivity index (χ1) is 7.35. The van der Waals surface area contributed by atoms with Gasteiger partial charge in [0.25, 0.3) is 0 Å². The van der Waals surface area contributed by atoms with E-state index in [1.54, 1.807) is 7.11 Å². The van der Waals surface area contributed by atoms with Gasteiger partial charge in [-0.2, -0.15) is 0 Å². The van der Waals surface area contributed by atoms with Crippen molar-refractivity contribution in [3.8, 4) is 5.75 Å². The average molecular weight is 209 g/mol. The van der Waals surface area contributed by atoms with Gasteiger partial charge in [0.1, 0.15) is 12.4 Å². The van der Waals surface area contributed by atoms with Gasteiger partial charge in [-0.05, 0) is 37.1 Å². The van der Waals surface area contributed by atoms with Crippen LogP contribution in [0.25, 0.3) is 0 Å². The quantitative estimate of drug-likeness (QED) is 0.826. The molecule has 1 aromatic carbocycles. The van der Waals surface area contributed by atoms with Crippen molar-refractivity contribution in [3.05, 3.63) is 29.3 Å². The Morgan fingerprint density at radius 2 is 2.40 bits per heavy atom. The summed E-state index contributed by atoms with van der Waals surface area (Å²) in [5.41, 5.74) is 1.81. The molecule has 1 saturated heterocycles. The first kappa shape index (κ1) is 10.4. The van der Waals surface area contributed by atoms with Crippen LogP contribution in [0.3, 0.4) is 0 Å². The number of alkyl halides is 1. The summed E-state index contributed by atoms with van der Waals surface area (Å²) in [6.07, 6.45) is 2.33. The molecule has 2 nitrogen and oxygen atoms in total. The third-order valence-corrected chi connectivity index (χ3v) is 2.91. The molecule has 0 aliphatic carbocycles. The highest BCUT2D eigenvalue weighted by atomic mass is 19.1. The second-order valence-electron chi connectivity index (χ2n) is 3.85. The molecule has 1 atom stereocenters. The molecule has 3 heteroatoms.